The number of benzene rings is 4. The van der Waals surface area contributed by atoms with E-state index in [4.69, 9.17) is 0 Å². The maximum atomic E-state index is 11.8. The summed E-state index contributed by atoms with van der Waals surface area (Å²) in [6.45, 7) is 1.62. The Kier molecular flexibility index (Phi) is 5.05. The van der Waals surface area contributed by atoms with Crippen LogP contribution < -0.4 is 20.7 Å². The highest BCUT2D eigenvalue weighted by Gasteiger charge is 2.41. The first-order valence-electron chi connectivity index (χ1n) is 9.51. The van der Waals surface area contributed by atoms with Crippen molar-refractivity contribution >= 4 is 34.6 Å². The molecule has 28 heavy (non-hydrogen) atoms. The summed E-state index contributed by atoms with van der Waals surface area (Å²) in [5.74, 6) is 0.0953. The molecule has 0 fully saturated rings. The number of hydrogen-bond acceptors (Lipinski definition) is 1. The van der Waals surface area contributed by atoms with Crippen molar-refractivity contribution in [2.75, 3.05) is 0 Å². The lowest BCUT2D eigenvalue weighted by atomic mass is 10.2. The van der Waals surface area contributed by atoms with Crippen molar-refractivity contribution in [2.24, 2.45) is 0 Å². The molecule has 1 nitrogen and oxygen atoms in total. The number of rotatable bonds is 5. The normalized spacial score (nSPS) is 11.2. The maximum absolute atomic E-state index is 11.8. The van der Waals surface area contributed by atoms with Crippen LogP contribution in [0.1, 0.15) is 17.3 Å². The van der Waals surface area contributed by atoms with E-state index in [0.29, 0.717) is 0 Å². The number of hydrogen-bond donors (Lipinski definition) is 0. The van der Waals surface area contributed by atoms with Gasteiger partial charge in [0.2, 0.25) is 0 Å². The Morgan fingerprint density at radius 1 is 0.500 bits per heavy atom. The van der Waals surface area contributed by atoms with E-state index in [9.17, 15) is 4.79 Å². The van der Waals surface area contributed by atoms with Gasteiger partial charge in [0, 0.05) is 5.56 Å². The predicted octanol–water partition coefficient (Wildman–Crippen LogP) is 3.27. The van der Waals surface area contributed by atoms with Gasteiger partial charge in [0.25, 0.3) is 0 Å². The van der Waals surface area contributed by atoms with Crippen LogP contribution in [0, 0.1) is 0 Å². The number of Topliss-reactive ketones (excluding diaryl/α,β-unsaturated/α-hetero) is 1. The maximum Gasteiger partial charge on any atom is 0.179 e. The molecule has 0 spiro atoms. The molecule has 0 unspecified atom stereocenters. The zero-order valence-corrected chi connectivity index (χ0v) is 16.9. The molecule has 0 aliphatic carbocycles. The van der Waals surface area contributed by atoms with Crippen LogP contribution in [0.4, 0.5) is 0 Å². The molecule has 4 rings (SSSR count). The molecule has 2 heteroatoms. The Hall–Kier alpha value is -3.23. The van der Waals surface area contributed by atoms with Crippen molar-refractivity contribution in [2.45, 2.75) is 6.92 Å². The van der Waals surface area contributed by atoms with Gasteiger partial charge in [-0.1, -0.05) is 115 Å². The fourth-order valence-electron chi connectivity index (χ4n) is 4.02. The first-order chi connectivity index (χ1) is 13.7. The largest absolute Gasteiger partial charge is 0.295 e. The van der Waals surface area contributed by atoms with Crippen LogP contribution in [0.25, 0.3) is 0 Å². The molecule has 136 valence electrons. The van der Waals surface area contributed by atoms with Crippen LogP contribution in [0.15, 0.2) is 115 Å². The van der Waals surface area contributed by atoms with Crippen molar-refractivity contribution in [3.63, 3.8) is 0 Å². The molecule has 0 radical (unpaired) electrons. The third kappa shape index (κ3) is 3.12. The smallest absolute Gasteiger partial charge is 0.179 e. The lowest BCUT2D eigenvalue weighted by molar-refractivity contribution is 0.101. The minimum atomic E-state index is -2.47. The van der Waals surface area contributed by atoms with Crippen LogP contribution in [-0.2, 0) is 0 Å². The topological polar surface area (TPSA) is 17.1 Å². The monoisotopic (exact) mass is 378 g/mol. The minimum Gasteiger partial charge on any atom is -0.295 e. The highest BCUT2D eigenvalue weighted by atomic mass is 28.3. The van der Waals surface area contributed by atoms with Crippen molar-refractivity contribution in [1.29, 1.82) is 0 Å². The summed E-state index contributed by atoms with van der Waals surface area (Å²) in [6, 6.07) is 40.6. The fraction of sp³-hybridized carbons (Fsp3) is 0.0385. The van der Waals surface area contributed by atoms with Crippen LogP contribution in [0.3, 0.4) is 0 Å². The van der Waals surface area contributed by atoms with Gasteiger partial charge in [-0.15, -0.1) is 0 Å². The van der Waals surface area contributed by atoms with Gasteiger partial charge < -0.3 is 0 Å². The molecule has 4 aromatic carbocycles. The number of ketones is 1. The summed E-state index contributed by atoms with van der Waals surface area (Å²) in [5, 5.41) is 5.29. The Balaban J connectivity index is 2.08. The standard InChI is InChI=1S/C26H22OSi/c1-21(27)22-17-19-26(20-18-22)28(23-11-5-2-6-12-23,24-13-7-3-8-14-24)25-15-9-4-10-16-25/h2-20H,1H3. The highest BCUT2D eigenvalue weighted by molar-refractivity contribution is 7.19. The molecule has 0 bridgehead atoms. The summed E-state index contributed by atoms with van der Waals surface area (Å²) in [5.41, 5.74) is 0.751. The van der Waals surface area contributed by atoms with Crippen LogP contribution in [0.2, 0.25) is 0 Å². The summed E-state index contributed by atoms with van der Waals surface area (Å²) >= 11 is 0. The van der Waals surface area contributed by atoms with E-state index in [-0.39, 0.29) is 5.78 Å². The average Bonchev–Trinajstić information content (AvgIpc) is 2.77. The van der Waals surface area contributed by atoms with E-state index in [2.05, 4.69) is 103 Å². The van der Waals surface area contributed by atoms with Gasteiger partial charge in [0.05, 0.1) is 0 Å². The minimum absolute atomic E-state index is 0.0953. The van der Waals surface area contributed by atoms with Gasteiger partial charge in [-0.2, -0.15) is 0 Å². The molecule has 0 aliphatic heterocycles. The molecule has 0 atom stereocenters. The molecule has 0 aromatic heterocycles. The molecule has 0 heterocycles. The average molecular weight is 379 g/mol. The van der Waals surface area contributed by atoms with Crippen LogP contribution >= 0.6 is 0 Å². The molecule has 0 saturated carbocycles. The molecule has 0 amide bonds. The Labute approximate surface area is 167 Å². The summed E-state index contributed by atoms with van der Waals surface area (Å²) in [6.07, 6.45) is 0. The zero-order valence-electron chi connectivity index (χ0n) is 15.9. The van der Waals surface area contributed by atoms with Gasteiger partial charge in [-0.3, -0.25) is 4.79 Å². The molecular formula is C26H22OSi. The molecular weight excluding hydrogens is 356 g/mol. The quantitative estimate of drug-likeness (QED) is 0.296. The first kappa shape index (κ1) is 18.1. The van der Waals surface area contributed by atoms with Gasteiger partial charge in [0.1, 0.15) is 0 Å². The van der Waals surface area contributed by atoms with Gasteiger partial charge in [-0.25, -0.2) is 0 Å². The number of carbonyl (C=O) groups is 1. The van der Waals surface area contributed by atoms with Crippen molar-refractivity contribution in [3.05, 3.63) is 121 Å². The van der Waals surface area contributed by atoms with Crippen molar-refractivity contribution < 1.29 is 4.79 Å². The third-order valence-electron chi connectivity index (χ3n) is 5.34. The SMILES string of the molecule is CC(=O)c1ccc([Si](c2ccccc2)(c2ccccc2)c2ccccc2)cc1. The lowest BCUT2D eigenvalue weighted by Gasteiger charge is -2.34. The lowest BCUT2D eigenvalue weighted by Crippen LogP contribution is -2.74. The third-order valence-corrected chi connectivity index (χ3v) is 10.1. The molecule has 0 N–H and O–H groups in total. The van der Waals surface area contributed by atoms with Crippen LogP contribution in [0.5, 0.6) is 0 Å². The van der Waals surface area contributed by atoms with E-state index in [1.54, 1.807) is 6.92 Å². The van der Waals surface area contributed by atoms with Gasteiger partial charge in [0.15, 0.2) is 13.9 Å². The Bertz CT molecular complexity index is 959. The molecule has 4 aromatic rings. The van der Waals surface area contributed by atoms with E-state index in [0.717, 1.165) is 5.56 Å². The fourth-order valence-corrected chi connectivity index (χ4v) is 8.76. The van der Waals surface area contributed by atoms with Gasteiger partial charge in [-0.05, 0) is 27.7 Å². The van der Waals surface area contributed by atoms with E-state index in [1.165, 1.54) is 20.7 Å². The zero-order chi connectivity index (χ0) is 19.4. The highest BCUT2D eigenvalue weighted by Crippen LogP contribution is 2.10. The van der Waals surface area contributed by atoms with Crippen molar-refractivity contribution in [3.8, 4) is 0 Å². The van der Waals surface area contributed by atoms with Gasteiger partial charge >= 0.3 is 0 Å². The predicted molar refractivity (Wildman–Crippen MR) is 120 cm³/mol. The molecule has 0 saturated heterocycles. The number of carbonyl (C=O) groups excluding carboxylic acids is 1. The van der Waals surface area contributed by atoms with E-state index in [1.807, 2.05) is 12.1 Å². The summed E-state index contributed by atoms with van der Waals surface area (Å²) < 4.78 is 0. The Morgan fingerprint density at radius 2 is 0.821 bits per heavy atom. The molecule has 0 aliphatic rings. The summed E-state index contributed by atoms with van der Waals surface area (Å²) in [7, 11) is -2.47. The van der Waals surface area contributed by atoms with E-state index >= 15 is 0 Å². The first-order valence-corrected chi connectivity index (χ1v) is 11.5. The second kappa shape index (κ2) is 7.79. The van der Waals surface area contributed by atoms with E-state index < -0.39 is 8.07 Å². The second-order valence-corrected chi connectivity index (χ2v) is 10.8. The van der Waals surface area contributed by atoms with Crippen molar-refractivity contribution in [1.82, 2.24) is 0 Å². The Morgan fingerprint density at radius 3 is 1.14 bits per heavy atom. The van der Waals surface area contributed by atoms with Crippen LogP contribution in [-0.4, -0.2) is 13.9 Å². The second-order valence-electron chi connectivity index (χ2n) is 6.98. The summed E-state index contributed by atoms with van der Waals surface area (Å²) in [4.78, 5) is 11.8.